The molecule has 3 heterocycles. The van der Waals surface area contributed by atoms with Crippen molar-refractivity contribution < 1.29 is 22.8 Å². The van der Waals surface area contributed by atoms with Gasteiger partial charge >= 0.3 is 0 Å². The molecule has 0 saturated heterocycles. The standard InChI is InChI=1S/C22H17ClN2O5S2/c1-12-2-4-16-15(8-12)21(27)20(22(28)25-16)17-5-3-13(10-24-17)9-14(26)11-32(29,30)19-7-6-18(23)31-19/h2-8,10,20H,9,11H2,1H3,(H,25,28). The van der Waals surface area contributed by atoms with E-state index < -0.39 is 33.2 Å². The lowest BCUT2D eigenvalue weighted by molar-refractivity contribution is -0.117. The van der Waals surface area contributed by atoms with Crippen LogP contribution in [-0.4, -0.2) is 36.6 Å². The summed E-state index contributed by atoms with van der Waals surface area (Å²) < 4.78 is 25.0. The number of halogens is 1. The summed E-state index contributed by atoms with van der Waals surface area (Å²) in [5.74, 6) is -3.04. The molecule has 1 N–H and O–H groups in total. The fourth-order valence-electron chi connectivity index (χ4n) is 3.46. The van der Waals surface area contributed by atoms with Gasteiger partial charge in [-0.1, -0.05) is 29.3 Å². The SMILES string of the molecule is Cc1ccc2c(c1)C(=O)C(c1ccc(CC(=O)CS(=O)(=O)c3ccc(Cl)s3)cn1)C(=O)N2. The Hall–Kier alpha value is -2.88. The highest BCUT2D eigenvalue weighted by molar-refractivity contribution is 7.94. The van der Waals surface area contributed by atoms with Gasteiger partial charge in [-0.2, -0.15) is 0 Å². The molecule has 1 atom stereocenters. The molecule has 1 aliphatic rings. The van der Waals surface area contributed by atoms with Gasteiger partial charge in [0, 0.05) is 18.2 Å². The van der Waals surface area contributed by atoms with Gasteiger partial charge in [-0.25, -0.2) is 8.42 Å². The Morgan fingerprint density at radius 3 is 2.59 bits per heavy atom. The van der Waals surface area contributed by atoms with E-state index >= 15 is 0 Å². The number of aryl methyl sites for hydroxylation is 1. The molecule has 0 aliphatic carbocycles. The topological polar surface area (TPSA) is 110 Å². The van der Waals surface area contributed by atoms with Gasteiger partial charge in [0.15, 0.2) is 21.4 Å². The smallest absolute Gasteiger partial charge is 0.241 e. The highest BCUT2D eigenvalue weighted by Crippen LogP contribution is 2.31. The molecular weight excluding hydrogens is 472 g/mol. The van der Waals surface area contributed by atoms with Crippen molar-refractivity contribution in [1.82, 2.24) is 4.98 Å². The third-order valence-corrected chi connectivity index (χ3v) is 8.46. The minimum Gasteiger partial charge on any atom is -0.324 e. The number of nitrogens with zero attached hydrogens (tertiary/aromatic N) is 1. The Kier molecular flexibility index (Phi) is 5.98. The van der Waals surface area contributed by atoms with Crippen molar-refractivity contribution in [3.63, 3.8) is 0 Å². The van der Waals surface area contributed by atoms with Crippen LogP contribution in [0, 0.1) is 6.92 Å². The number of rotatable bonds is 6. The normalized spacial score (nSPS) is 15.9. The van der Waals surface area contributed by atoms with E-state index in [9.17, 15) is 22.8 Å². The number of thiophene rings is 1. The number of hydrogen-bond acceptors (Lipinski definition) is 7. The first kappa shape index (κ1) is 22.3. The maximum Gasteiger partial charge on any atom is 0.241 e. The lowest BCUT2D eigenvalue weighted by atomic mass is 9.88. The predicted molar refractivity (Wildman–Crippen MR) is 121 cm³/mol. The first-order chi connectivity index (χ1) is 15.1. The van der Waals surface area contributed by atoms with Crippen molar-refractivity contribution in [2.75, 3.05) is 11.1 Å². The van der Waals surface area contributed by atoms with Gasteiger partial charge in [-0.3, -0.25) is 19.4 Å². The number of aromatic nitrogens is 1. The van der Waals surface area contributed by atoms with Crippen LogP contribution in [0.3, 0.4) is 0 Å². The van der Waals surface area contributed by atoms with Crippen molar-refractivity contribution in [3.05, 3.63) is 75.4 Å². The Morgan fingerprint density at radius 1 is 1.16 bits per heavy atom. The van der Waals surface area contributed by atoms with Crippen LogP contribution in [0.25, 0.3) is 0 Å². The number of hydrogen-bond donors (Lipinski definition) is 1. The van der Waals surface area contributed by atoms with Crippen LogP contribution in [0.1, 0.15) is 33.1 Å². The molecule has 32 heavy (non-hydrogen) atoms. The van der Waals surface area contributed by atoms with Gasteiger partial charge in [-0.05, 0) is 42.8 Å². The average Bonchev–Trinajstić information content (AvgIpc) is 3.17. The summed E-state index contributed by atoms with van der Waals surface area (Å²) in [5, 5.41) is 2.73. The van der Waals surface area contributed by atoms with E-state index in [2.05, 4.69) is 10.3 Å². The number of fused-ring (bicyclic) bond motifs is 1. The summed E-state index contributed by atoms with van der Waals surface area (Å²) in [6, 6.07) is 11.1. The molecule has 0 fully saturated rings. The van der Waals surface area contributed by atoms with E-state index in [1.807, 2.05) is 13.0 Å². The first-order valence-electron chi connectivity index (χ1n) is 9.54. The van der Waals surface area contributed by atoms with Gasteiger partial charge < -0.3 is 5.32 Å². The van der Waals surface area contributed by atoms with Crippen molar-refractivity contribution in [2.24, 2.45) is 0 Å². The van der Waals surface area contributed by atoms with Crippen LogP contribution < -0.4 is 5.32 Å². The van der Waals surface area contributed by atoms with Crippen molar-refractivity contribution in [3.8, 4) is 0 Å². The Morgan fingerprint density at radius 2 is 1.94 bits per heavy atom. The van der Waals surface area contributed by atoms with E-state index in [0.29, 0.717) is 21.2 Å². The van der Waals surface area contributed by atoms with Gasteiger partial charge in [-0.15, -0.1) is 11.3 Å². The number of anilines is 1. The fraction of sp³-hybridized carbons (Fsp3) is 0.182. The molecule has 2 aromatic heterocycles. The Bertz CT molecular complexity index is 1350. The monoisotopic (exact) mass is 488 g/mol. The quantitative estimate of drug-likeness (QED) is 0.531. The Labute approximate surface area is 193 Å². The second-order valence-corrected chi connectivity index (χ2v) is 11.4. The first-order valence-corrected chi connectivity index (χ1v) is 12.4. The van der Waals surface area contributed by atoms with E-state index in [0.717, 1.165) is 16.9 Å². The summed E-state index contributed by atoms with van der Waals surface area (Å²) >= 11 is 6.68. The molecule has 7 nitrogen and oxygen atoms in total. The number of pyridine rings is 1. The van der Waals surface area contributed by atoms with Gasteiger partial charge in [0.2, 0.25) is 5.91 Å². The van der Waals surface area contributed by atoms with Crippen LogP contribution >= 0.6 is 22.9 Å². The van der Waals surface area contributed by atoms with Crippen molar-refractivity contribution >= 4 is 55.9 Å². The van der Waals surface area contributed by atoms with E-state index in [4.69, 9.17) is 11.6 Å². The van der Waals surface area contributed by atoms with Crippen LogP contribution in [0.2, 0.25) is 4.34 Å². The summed E-state index contributed by atoms with van der Waals surface area (Å²) in [5.41, 5.74) is 2.54. The number of benzene rings is 1. The molecule has 10 heteroatoms. The highest BCUT2D eigenvalue weighted by Gasteiger charge is 2.36. The molecule has 164 valence electrons. The molecule has 4 rings (SSSR count). The number of ketones is 2. The minimum absolute atomic E-state index is 0.0432. The molecule has 1 aliphatic heterocycles. The van der Waals surface area contributed by atoms with E-state index in [1.165, 1.54) is 24.4 Å². The van der Waals surface area contributed by atoms with Crippen LogP contribution in [0.5, 0.6) is 0 Å². The summed E-state index contributed by atoms with van der Waals surface area (Å²) in [7, 11) is -3.76. The largest absolute Gasteiger partial charge is 0.324 e. The highest BCUT2D eigenvalue weighted by atomic mass is 35.5. The van der Waals surface area contributed by atoms with Crippen LogP contribution in [-0.2, 0) is 25.8 Å². The molecular formula is C22H17ClN2O5S2. The molecule has 0 saturated carbocycles. The third-order valence-electron chi connectivity index (χ3n) is 4.97. The maximum absolute atomic E-state index is 12.9. The average molecular weight is 489 g/mol. The number of carbonyl (C=O) groups excluding carboxylic acids is 3. The summed E-state index contributed by atoms with van der Waals surface area (Å²) in [6.45, 7) is 1.86. The molecule has 0 radical (unpaired) electrons. The Balaban J connectivity index is 1.48. The molecule has 1 amide bonds. The van der Waals surface area contributed by atoms with E-state index in [1.54, 1.807) is 18.2 Å². The summed E-state index contributed by atoms with van der Waals surface area (Å²) in [4.78, 5) is 41.9. The number of carbonyl (C=O) groups is 3. The molecule has 1 unspecified atom stereocenters. The van der Waals surface area contributed by atoms with Gasteiger partial charge in [0.1, 0.15) is 15.9 Å². The fourth-order valence-corrected chi connectivity index (χ4v) is 6.27. The minimum atomic E-state index is -3.76. The number of nitrogens with one attached hydrogen (secondary N) is 1. The lowest BCUT2D eigenvalue weighted by Crippen LogP contribution is -2.34. The maximum atomic E-state index is 12.9. The third kappa shape index (κ3) is 4.50. The zero-order valence-corrected chi connectivity index (χ0v) is 19.2. The second-order valence-electron chi connectivity index (χ2n) is 7.46. The van der Waals surface area contributed by atoms with Gasteiger partial charge in [0.05, 0.1) is 15.7 Å². The molecule has 0 bridgehead atoms. The predicted octanol–water partition coefficient (Wildman–Crippen LogP) is 3.61. The van der Waals surface area contributed by atoms with Crippen molar-refractivity contribution in [1.29, 1.82) is 0 Å². The van der Waals surface area contributed by atoms with Gasteiger partial charge in [0.25, 0.3) is 0 Å². The number of amides is 1. The van der Waals surface area contributed by atoms with Crippen molar-refractivity contribution in [2.45, 2.75) is 23.5 Å². The van der Waals surface area contributed by atoms with Crippen LogP contribution in [0.4, 0.5) is 5.69 Å². The second kappa shape index (κ2) is 8.57. The van der Waals surface area contributed by atoms with E-state index in [-0.39, 0.29) is 22.1 Å². The molecule has 3 aromatic rings. The molecule has 0 spiro atoms. The zero-order chi connectivity index (χ0) is 23.0. The number of Topliss-reactive ketones (excluding diaryl/α,β-unsaturated/α-hetero) is 2. The summed E-state index contributed by atoms with van der Waals surface area (Å²) in [6.07, 6.45) is 1.24. The number of sulfone groups is 1. The van der Waals surface area contributed by atoms with Crippen LogP contribution in [0.15, 0.2) is 52.9 Å². The zero-order valence-electron chi connectivity index (χ0n) is 16.8. The lowest BCUT2D eigenvalue weighted by Gasteiger charge is -2.23. The molecule has 1 aromatic carbocycles.